The third kappa shape index (κ3) is 23.3. The third-order valence-electron chi connectivity index (χ3n) is 16.6. The average molecular weight is 1550 g/mol. The van der Waals surface area contributed by atoms with Gasteiger partial charge in [-0.2, -0.15) is 22.0 Å². The number of hydrogen-bond acceptors (Lipinski definition) is 18. The van der Waals surface area contributed by atoms with Crippen molar-refractivity contribution in [1.29, 1.82) is 0 Å². The summed E-state index contributed by atoms with van der Waals surface area (Å²) < 4.78 is 74.2. The first-order chi connectivity index (χ1) is 54.1. The highest BCUT2D eigenvalue weighted by Gasteiger charge is 2.20. The van der Waals surface area contributed by atoms with E-state index >= 15 is 0 Å². The third-order valence-corrected chi connectivity index (χ3v) is 16.8. The Balaban J connectivity index is 0.000000146. The highest BCUT2D eigenvalue weighted by molar-refractivity contribution is 6.58. The SMILES string of the molecule is CC(C)(C)OC(=O)Nc1cccc2ccc(-c3ccc(F)nc3)nc12.CC(C)(C)OC(=O)Nc1cccc2ccc(Cl)nc12.CCN(C)c1cccc2ccc(-c3ccc(F)nc3)nc12.CCc1cccc2ccc(-c3ccc(F)nc3)nc12.CNc1cccc2ccc(-c3ccc(F)nc3)nc12.OB(O)c1ccc(F)nc1. The molecule has 2 amide bonds. The number of fused-ring (bicyclic) bond motifs is 5. The number of hydrogen-bond donors (Lipinski definition) is 5. The van der Waals surface area contributed by atoms with Crippen LogP contribution in [0.4, 0.5) is 54.3 Å². The minimum Gasteiger partial charge on any atom is -0.444 e. The molecule has 0 spiro atoms. The van der Waals surface area contributed by atoms with Crippen molar-refractivity contribution < 1.29 is 51.1 Å². The van der Waals surface area contributed by atoms with Crippen LogP contribution in [0.25, 0.3) is 99.5 Å². The zero-order valence-electron chi connectivity index (χ0n) is 63.3. The predicted octanol–water partition coefficient (Wildman–Crippen LogP) is 19.3. The maximum absolute atomic E-state index is 13.0. The Morgan fingerprint density at radius 3 is 1.12 bits per heavy atom. The predicted molar refractivity (Wildman–Crippen MR) is 438 cm³/mol. The van der Waals surface area contributed by atoms with E-state index in [9.17, 15) is 31.5 Å². The molecule has 0 fully saturated rings. The summed E-state index contributed by atoms with van der Waals surface area (Å²) in [4.78, 5) is 66.7. The number of nitrogens with zero attached hydrogens (tertiary/aromatic N) is 11. The van der Waals surface area contributed by atoms with Crippen LogP contribution in [0.5, 0.6) is 0 Å². The lowest BCUT2D eigenvalue weighted by Crippen LogP contribution is -2.30. The van der Waals surface area contributed by atoms with Crippen molar-refractivity contribution in [3.63, 3.8) is 0 Å². The number of carbonyl (C=O) groups excluding carboxylic acids is 2. The summed E-state index contributed by atoms with van der Waals surface area (Å²) >= 11 is 5.88. The molecule has 10 aromatic heterocycles. The largest absolute Gasteiger partial charge is 0.490 e. The lowest BCUT2D eigenvalue weighted by molar-refractivity contribution is 0.0624. The van der Waals surface area contributed by atoms with Gasteiger partial charge in [0.25, 0.3) is 0 Å². The van der Waals surface area contributed by atoms with Gasteiger partial charge in [0.05, 0.1) is 73.1 Å². The smallest absolute Gasteiger partial charge is 0.444 e. The van der Waals surface area contributed by atoms with Gasteiger partial charge in [-0.15, -0.1) is 0 Å². The van der Waals surface area contributed by atoms with E-state index in [1.165, 1.54) is 60.7 Å². The molecule has 0 aliphatic rings. The molecule has 15 rings (SSSR count). The Morgan fingerprint density at radius 1 is 0.416 bits per heavy atom. The number of rotatable bonds is 11. The van der Waals surface area contributed by atoms with Crippen molar-refractivity contribution >= 4 is 114 Å². The summed E-state index contributed by atoms with van der Waals surface area (Å²) in [5, 5.41) is 31.0. The molecule has 0 radical (unpaired) electrons. The Labute approximate surface area is 654 Å². The van der Waals surface area contributed by atoms with Crippen LogP contribution in [0.1, 0.15) is 61.0 Å². The number of para-hydroxylation sites is 5. The Morgan fingerprint density at radius 2 is 0.752 bits per heavy atom. The van der Waals surface area contributed by atoms with Crippen molar-refractivity contribution in [3.05, 3.63) is 284 Å². The molecule has 10 heterocycles. The molecule has 0 aliphatic heterocycles. The monoisotopic (exact) mass is 1540 g/mol. The summed E-state index contributed by atoms with van der Waals surface area (Å²) in [5.74, 6) is -2.62. The van der Waals surface area contributed by atoms with Crippen molar-refractivity contribution in [2.45, 2.75) is 73.0 Å². The maximum atomic E-state index is 13.0. The van der Waals surface area contributed by atoms with Crippen molar-refractivity contribution in [3.8, 4) is 45.0 Å². The Kier molecular flexibility index (Phi) is 27.8. The zero-order chi connectivity index (χ0) is 80.9. The van der Waals surface area contributed by atoms with E-state index in [0.29, 0.717) is 38.8 Å². The van der Waals surface area contributed by atoms with Gasteiger partial charge in [-0.1, -0.05) is 116 Å². The fourth-order valence-corrected chi connectivity index (χ4v) is 11.2. The first kappa shape index (κ1) is 82.5. The number of nitrogens with one attached hydrogen (secondary N) is 3. The van der Waals surface area contributed by atoms with Gasteiger partial charge < -0.3 is 29.7 Å². The molecule has 0 unspecified atom stereocenters. The van der Waals surface area contributed by atoms with E-state index < -0.39 is 60.2 Å². The van der Waals surface area contributed by atoms with Crippen LogP contribution >= 0.6 is 11.6 Å². The molecule has 20 nitrogen and oxygen atoms in total. The molecular formula is C86H79BClF5N14O6. The number of halogens is 6. The van der Waals surface area contributed by atoms with Gasteiger partial charge in [-0.05, 0) is 176 Å². The van der Waals surface area contributed by atoms with Gasteiger partial charge in [0.1, 0.15) is 16.4 Å². The molecule has 0 aliphatic carbocycles. The molecule has 574 valence electrons. The zero-order valence-corrected chi connectivity index (χ0v) is 64.1. The van der Waals surface area contributed by atoms with Crippen molar-refractivity contribution in [1.82, 2.24) is 49.8 Å². The van der Waals surface area contributed by atoms with Crippen LogP contribution in [0, 0.1) is 29.7 Å². The topological polar surface area (TPSA) is 261 Å². The first-order valence-corrected chi connectivity index (χ1v) is 36.0. The summed E-state index contributed by atoms with van der Waals surface area (Å²) in [6.07, 6.45) is 6.89. The number of amides is 2. The Bertz CT molecular complexity index is 5630. The minimum absolute atomic E-state index is 0.182. The number of aryl methyl sites for hydroxylation is 1. The van der Waals surface area contributed by atoms with Gasteiger partial charge in [0, 0.05) is 106 Å². The van der Waals surface area contributed by atoms with Crippen LogP contribution in [0.15, 0.2) is 243 Å². The summed E-state index contributed by atoms with van der Waals surface area (Å²) in [6, 6.07) is 62.8. The van der Waals surface area contributed by atoms with Gasteiger partial charge in [0.15, 0.2) is 0 Å². The van der Waals surface area contributed by atoms with Gasteiger partial charge >= 0.3 is 19.3 Å². The van der Waals surface area contributed by atoms with Crippen LogP contribution in [0.2, 0.25) is 5.15 Å². The molecule has 5 aromatic carbocycles. The van der Waals surface area contributed by atoms with Gasteiger partial charge in [-0.3, -0.25) is 10.6 Å². The second kappa shape index (κ2) is 38.1. The minimum atomic E-state index is -1.58. The van der Waals surface area contributed by atoms with E-state index in [1.54, 1.807) is 63.2 Å². The number of anilines is 4. The number of carbonyl (C=O) groups is 2. The van der Waals surface area contributed by atoms with Crippen molar-refractivity contribution in [2.75, 3.05) is 41.5 Å². The second-order valence-corrected chi connectivity index (χ2v) is 27.4. The van der Waals surface area contributed by atoms with E-state index in [1.807, 2.05) is 156 Å². The molecule has 15 aromatic rings. The number of pyridine rings is 10. The second-order valence-electron chi connectivity index (χ2n) is 27.0. The molecular weight excluding hydrogens is 1470 g/mol. The van der Waals surface area contributed by atoms with Crippen LogP contribution in [-0.2, 0) is 15.9 Å². The molecule has 0 saturated heterocycles. The lowest BCUT2D eigenvalue weighted by atomic mass is 9.82. The molecule has 0 bridgehead atoms. The molecule has 0 atom stereocenters. The number of ether oxygens (including phenoxy) is 2. The average Bonchev–Trinajstić information content (AvgIpc) is 0.823. The van der Waals surface area contributed by atoms with Gasteiger partial charge in [0.2, 0.25) is 29.7 Å². The highest BCUT2D eigenvalue weighted by Crippen LogP contribution is 2.32. The van der Waals surface area contributed by atoms with E-state index in [4.69, 9.17) is 36.1 Å². The fourth-order valence-electron chi connectivity index (χ4n) is 11.0. The van der Waals surface area contributed by atoms with Crippen LogP contribution in [0.3, 0.4) is 0 Å². The quantitative estimate of drug-likeness (QED) is 0.0458. The van der Waals surface area contributed by atoms with Crippen LogP contribution < -0.4 is 26.3 Å². The number of benzene rings is 5. The Hall–Kier alpha value is -13.0. The molecule has 113 heavy (non-hydrogen) atoms. The first-order valence-electron chi connectivity index (χ1n) is 35.6. The summed E-state index contributed by atoms with van der Waals surface area (Å²) in [5.41, 5.74) is 13.7. The molecule has 5 N–H and O–H groups in total. The standard InChI is InChI=1S/C19H18FN3O2.C17H16FN3.C16H13FN2.C15H12FN3.C14H15ClN2O2.C5H5BFNO2/c1-19(2,3)25-18(24)23-15-6-4-5-12-7-9-14(22-17(12)15)13-8-10-16(20)21-11-13;1-3-21(2)15-6-4-5-12-7-9-14(20-17(12)15)13-8-10-16(18)19-11-13;1-2-11-4-3-5-12-6-8-14(19-16(11)12)13-7-9-15(17)18-10-13;1-17-13-4-2-3-10-5-7-12(19-15(10)13)11-6-8-14(16)18-9-11;1-14(2,3)19-13(18)16-10-6-4-5-9-7-8-11(15)17-12(9)10;7-5-2-1-4(3-8-5)6(9)10/h4-11H,1-3H3,(H,23,24);4-11H,3H2,1-2H3;3-10H,2H2,1H3;2-9,17H,1H3;4-8H,1-3H3,(H,16,18);1-3,9-10H. The number of aromatic nitrogens is 10. The van der Waals surface area contributed by atoms with Crippen LogP contribution in [-0.4, -0.2) is 111 Å². The van der Waals surface area contributed by atoms with E-state index in [-0.39, 0.29) is 5.46 Å². The summed E-state index contributed by atoms with van der Waals surface area (Å²) in [7, 11) is 2.33. The molecule has 0 saturated carbocycles. The summed E-state index contributed by atoms with van der Waals surface area (Å²) in [6.45, 7) is 16.0. The fraction of sp³-hybridized carbons (Fsp3) is 0.163. The van der Waals surface area contributed by atoms with Crippen molar-refractivity contribution in [2.24, 2.45) is 0 Å². The normalized spacial score (nSPS) is 10.9. The van der Waals surface area contributed by atoms with E-state index in [0.717, 1.165) is 114 Å². The molecule has 27 heteroatoms. The van der Waals surface area contributed by atoms with Gasteiger partial charge in [-0.25, -0.2) is 59.4 Å². The maximum Gasteiger partial charge on any atom is 0.490 e. The lowest BCUT2D eigenvalue weighted by Gasteiger charge is -2.20. The van der Waals surface area contributed by atoms with E-state index in [2.05, 4.69) is 91.7 Å². The highest BCUT2D eigenvalue weighted by atomic mass is 35.5.